The quantitative estimate of drug-likeness (QED) is 0.546. The normalized spacial score (nSPS) is 12.9. The highest BCUT2D eigenvalue weighted by atomic mass is 16.2. The second-order valence-electron chi connectivity index (χ2n) is 6.46. The van der Waals surface area contributed by atoms with Crippen molar-refractivity contribution in [2.45, 2.75) is 6.92 Å². The summed E-state index contributed by atoms with van der Waals surface area (Å²) in [5.74, 6) is 0. The first-order chi connectivity index (χ1) is 13.7. The van der Waals surface area contributed by atoms with E-state index in [9.17, 15) is 4.79 Å². The molecule has 4 N–H and O–H groups in total. The number of urea groups is 1. The maximum absolute atomic E-state index is 12.2. The van der Waals surface area contributed by atoms with Gasteiger partial charge in [-0.1, -0.05) is 48.5 Å². The Morgan fingerprint density at radius 2 is 1.57 bits per heavy atom. The molecule has 3 aromatic carbocycles. The highest BCUT2D eigenvalue weighted by Crippen LogP contribution is 2.22. The van der Waals surface area contributed by atoms with Gasteiger partial charge in [-0.15, -0.1) is 5.53 Å². The van der Waals surface area contributed by atoms with Crippen LogP contribution in [0.3, 0.4) is 0 Å². The first-order valence-electron chi connectivity index (χ1n) is 9.01. The van der Waals surface area contributed by atoms with Crippen molar-refractivity contribution in [3.8, 4) is 0 Å². The molecule has 0 unspecified atom stereocenters. The molecule has 6 heteroatoms. The number of nitrogens with one attached hydrogen (secondary N) is 4. The van der Waals surface area contributed by atoms with Crippen LogP contribution in [0.25, 0.3) is 5.70 Å². The highest BCUT2D eigenvalue weighted by Gasteiger charge is 2.14. The largest absolute Gasteiger partial charge is 0.323 e. The third-order valence-electron chi connectivity index (χ3n) is 4.45. The molecule has 4 rings (SSSR count). The zero-order chi connectivity index (χ0) is 19.3. The van der Waals surface area contributed by atoms with Gasteiger partial charge in [0.05, 0.1) is 11.4 Å². The lowest BCUT2D eigenvalue weighted by Crippen LogP contribution is -2.36. The fourth-order valence-electron chi connectivity index (χ4n) is 2.92. The van der Waals surface area contributed by atoms with Crippen LogP contribution in [0.5, 0.6) is 0 Å². The molecule has 0 saturated carbocycles. The van der Waals surface area contributed by atoms with Gasteiger partial charge in [0, 0.05) is 23.1 Å². The van der Waals surface area contributed by atoms with Crippen LogP contribution in [-0.2, 0) is 0 Å². The maximum atomic E-state index is 12.2. The second-order valence-corrected chi connectivity index (χ2v) is 6.46. The van der Waals surface area contributed by atoms with E-state index in [1.807, 2.05) is 97.0 Å². The van der Waals surface area contributed by atoms with Crippen molar-refractivity contribution in [3.63, 3.8) is 0 Å². The number of para-hydroxylation sites is 1. The van der Waals surface area contributed by atoms with Crippen molar-refractivity contribution < 1.29 is 4.79 Å². The van der Waals surface area contributed by atoms with Gasteiger partial charge in [0.25, 0.3) is 0 Å². The number of carbonyl (C=O) groups excluding carboxylic acids is 1. The molecule has 3 aromatic rings. The average molecular weight is 371 g/mol. The van der Waals surface area contributed by atoms with Crippen LogP contribution in [0.4, 0.5) is 21.9 Å². The van der Waals surface area contributed by atoms with Crippen molar-refractivity contribution in [3.05, 3.63) is 96.2 Å². The van der Waals surface area contributed by atoms with Gasteiger partial charge in [-0.3, -0.25) is 5.01 Å². The Labute approximate surface area is 163 Å². The van der Waals surface area contributed by atoms with Crippen LogP contribution in [0, 0.1) is 6.92 Å². The van der Waals surface area contributed by atoms with Crippen molar-refractivity contribution in [1.82, 2.24) is 11.0 Å². The zero-order valence-corrected chi connectivity index (χ0v) is 15.4. The maximum Gasteiger partial charge on any atom is 0.323 e. The van der Waals surface area contributed by atoms with Crippen molar-refractivity contribution in [1.29, 1.82) is 0 Å². The minimum atomic E-state index is -0.269. The van der Waals surface area contributed by atoms with Gasteiger partial charge in [-0.25, -0.2) is 4.79 Å². The monoisotopic (exact) mass is 371 g/mol. The number of rotatable bonds is 4. The molecule has 0 fully saturated rings. The molecule has 1 aliphatic rings. The summed E-state index contributed by atoms with van der Waals surface area (Å²) in [4.78, 5) is 12.2. The third-order valence-corrected chi connectivity index (χ3v) is 4.45. The van der Waals surface area contributed by atoms with Gasteiger partial charge in [-0.05, 0) is 42.8 Å². The Balaban J connectivity index is 1.40. The molecule has 2 amide bonds. The number of aryl methyl sites for hydroxylation is 1. The molecule has 140 valence electrons. The Kier molecular flexibility index (Phi) is 4.95. The number of benzene rings is 3. The molecule has 0 bridgehead atoms. The third kappa shape index (κ3) is 3.97. The minimum Gasteiger partial charge on any atom is -0.308 e. The van der Waals surface area contributed by atoms with Gasteiger partial charge in [0.2, 0.25) is 0 Å². The standard InChI is InChI=1S/C22H21N5O/c1-16-7-5-6-10-20(16)24-22(28)23-18-11-13-19(14-12-18)27-15-21(25-26-27)17-8-3-2-4-9-17/h2-15,25-26H,1H3,(H2,23,24,28). The summed E-state index contributed by atoms with van der Waals surface area (Å²) in [5, 5.41) is 7.60. The van der Waals surface area contributed by atoms with Crippen molar-refractivity contribution in [2.24, 2.45) is 0 Å². The molecule has 6 nitrogen and oxygen atoms in total. The number of hydrogen-bond donors (Lipinski definition) is 4. The lowest BCUT2D eigenvalue weighted by atomic mass is 10.2. The van der Waals surface area contributed by atoms with E-state index in [0.29, 0.717) is 5.69 Å². The number of hydrogen-bond acceptors (Lipinski definition) is 4. The lowest BCUT2D eigenvalue weighted by Gasteiger charge is -2.16. The SMILES string of the molecule is Cc1ccccc1NC(=O)Nc1ccc(N2C=C(c3ccccc3)NN2)cc1. The average Bonchev–Trinajstić information content (AvgIpc) is 3.21. The van der Waals surface area contributed by atoms with E-state index in [1.165, 1.54) is 0 Å². The molecule has 0 spiro atoms. The first-order valence-corrected chi connectivity index (χ1v) is 9.01. The molecular weight excluding hydrogens is 350 g/mol. The summed E-state index contributed by atoms with van der Waals surface area (Å²) in [5.41, 5.74) is 11.8. The van der Waals surface area contributed by atoms with E-state index in [-0.39, 0.29) is 6.03 Å². The molecule has 0 atom stereocenters. The summed E-state index contributed by atoms with van der Waals surface area (Å²) in [6, 6.07) is 25.1. The summed E-state index contributed by atoms with van der Waals surface area (Å²) in [6.45, 7) is 1.96. The summed E-state index contributed by atoms with van der Waals surface area (Å²) in [6.07, 6.45) is 1.99. The van der Waals surface area contributed by atoms with Gasteiger partial charge in [-0.2, -0.15) is 0 Å². The van der Waals surface area contributed by atoms with E-state index < -0.39 is 0 Å². The van der Waals surface area contributed by atoms with E-state index in [2.05, 4.69) is 21.6 Å². The fraction of sp³-hybridized carbons (Fsp3) is 0.0455. The fourth-order valence-corrected chi connectivity index (χ4v) is 2.92. The molecule has 28 heavy (non-hydrogen) atoms. The number of nitrogens with zero attached hydrogens (tertiary/aromatic N) is 1. The number of amides is 2. The summed E-state index contributed by atoms with van der Waals surface area (Å²) < 4.78 is 0. The van der Waals surface area contributed by atoms with Crippen LogP contribution in [-0.4, -0.2) is 6.03 Å². The van der Waals surface area contributed by atoms with E-state index in [4.69, 9.17) is 0 Å². The molecule has 0 aliphatic carbocycles. The number of carbonyl (C=O) groups is 1. The predicted molar refractivity (Wildman–Crippen MR) is 113 cm³/mol. The van der Waals surface area contributed by atoms with E-state index in [0.717, 1.165) is 28.2 Å². The Morgan fingerprint density at radius 1 is 0.857 bits per heavy atom. The smallest absolute Gasteiger partial charge is 0.308 e. The minimum absolute atomic E-state index is 0.269. The molecular formula is C22H21N5O. The zero-order valence-electron chi connectivity index (χ0n) is 15.4. The molecule has 1 heterocycles. The van der Waals surface area contributed by atoms with Crippen molar-refractivity contribution in [2.75, 3.05) is 15.6 Å². The van der Waals surface area contributed by atoms with Crippen LogP contribution in [0.15, 0.2) is 85.1 Å². The summed E-state index contributed by atoms with van der Waals surface area (Å²) in [7, 11) is 0. The first kappa shape index (κ1) is 17.6. The number of hydrazine groups is 2. The Bertz CT molecular complexity index is 999. The topological polar surface area (TPSA) is 68.4 Å². The van der Waals surface area contributed by atoms with Crippen LogP contribution < -0.4 is 26.6 Å². The van der Waals surface area contributed by atoms with Gasteiger partial charge in [0.1, 0.15) is 0 Å². The van der Waals surface area contributed by atoms with E-state index >= 15 is 0 Å². The number of anilines is 3. The van der Waals surface area contributed by atoms with Crippen molar-refractivity contribution >= 4 is 28.8 Å². The lowest BCUT2D eigenvalue weighted by molar-refractivity contribution is 0.262. The molecule has 1 aliphatic heterocycles. The van der Waals surface area contributed by atoms with E-state index in [1.54, 1.807) is 0 Å². The Morgan fingerprint density at radius 3 is 2.32 bits per heavy atom. The molecule has 0 radical (unpaired) electrons. The summed E-state index contributed by atoms with van der Waals surface area (Å²) >= 11 is 0. The molecule has 0 aromatic heterocycles. The molecule has 0 saturated heterocycles. The van der Waals surface area contributed by atoms with Crippen LogP contribution >= 0.6 is 0 Å². The van der Waals surface area contributed by atoms with Gasteiger partial charge >= 0.3 is 6.03 Å². The second kappa shape index (κ2) is 7.85. The highest BCUT2D eigenvalue weighted by molar-refractivity contribution is 6.00. The Hall–Kier alpha value is -3.77. The van der Waals surface area contributed by atoms with Crippen LogP contribution in [0.1, 0.15) is 11.1 Å². The van der Waals surface area contributed by atoms with Gasteiger partial charge in [0.15, 0.2) is 0 Å². The predicted octanol–water partition coefficient (Wildman–Crippen LogP) is 4.47. The van der Waals surface area contributed by atoms with Crippen LogP contribution in [0.2, 0.25) is 0 Å². The van der Waals surface area contributed by atoms with Gasteiger partial charge < -0.3 is 16.1 Å².